The summed E-state index contributed by atoms with van der Waals surface area (Å²) < 4.78 is 16.4. The molecule has 0 saturated carbocycles. The van der Waals surface area contributed by atoms with Crippen molar-refractivity contribution in [2.45, 2.75) is 26.3 Å². The van der Waals surface area contributed by atoms with Gasteiger partial charge in [-0.05, 0) is 37.6 Å². The minimum Gasteiger partial charge on any atom is -0.365 e. The quantitative estimate of drug-likeness (QED) is 0.589. The molecule has 2 amide bonds. The first kappa shape index (κ1) is 21.3. The third kappa shape index (κ3) is 3.70. The maximum absolute atomic E-state index is 14.5. The number of nitrogens with zero attached hydrogens (tertiary/aromatic N) is 5. The van der Waals surface area contributed by atoms with Crippen molar-refractivity contribution in [2.24, 2.45) is 0 Å². The Bertz CT molecular complexity index is 1260. The van der Waals surface area contributed by atoms with E-state index in [4.69, 9.17) is 0 Å². The molecule has 33 heavy (non-hydrogen) atoms. The number of carbonyl (C=O) groups is 2. The number of piperazine rings is 1. The van der Waals surface area contributed by atoms with Crippen molar-refractivity contribution in [2.75, 3.05) is 43.4 Å². The Balaban J connectivity index is 1.29. The second-order valence-corrected chi connectivity index (χ2v) is 8.61. The highest BCUT2D eigenvalue weighted by atomic mass is 19.1. The monoisotopic (exact) mass is 451 g/mol. The van der Waals surface area contributed by atoms with Crippen molar-refractivity contribution in [1.82, 2.24) is 24.8 Å². The lowest BCUT2D eigenvalue weighted by molar-refractivity contribution is -0.117. The van der Waals surface area contributed by atoms with Crippen LogP contribution in [0.5, 0.6) is 0 Å². The van der Waals surface area contributed by atoms with E-state index >= 15 is 0 Å². The molecule has 2 N–H and O–H groups in total. The Kier molecular flexibility index (Phi) is 5.24. The van der Waals surface area contributed by atoms with Crippen LogP contribution in [0.4, 0.5) is 15.8 Å². The summed E-state index contributed by atoms with van der Waals surface area (Å²) >= 11 is 0. The number of hydrogen-bond acceptors (Lipinski definition) is 6. The van der Waals surface area contributed by atoms with Crippen LogP contribution in [-0.4, -0.2) is 64.5 Å². The molecule has 172 valence electrons. The third-order valence-corrected chi connectivity index (χ3v) is 6.50. The van der Waals surface area contributed by atoms with E-state index in [1.807, 2.05) is 35.5 Å². The van der Waals surface area contributed by atoms with E-state index in [9.17, 15) is 14.0 Å². The largest absolute Gasteiger partial charge is 0.365 e. The lowest BCUT2D eigenvalue weighted by Crippen LogP contribution is -2.46. The molecule has 0 aliphatic carbocycles. The van der Waals surface area contributed by atoms with Gasteiger partial charge in [-0.2, -0.15) is 9.49 Å². The van der Waals surface area contributed by atoms with E-state index in [1.165, 1.54) is 7.05 Å². The average molecular weight is 452 g/mol. The number of rotatable bonds is 4. The maximum atomic E-state index is 14.5. The molecule has 0 bridgehead atoms. The number of aryl methyl sites for hydroxylation is 1. The molecule has 1 atom stereocenters. The topological polar surface area (TPSA) is 94.9 Å². The third-order valence-electron chi connectivity index (χ3n) is 6.50. The van der Waals surface area contributed by atoms with Gasteiger partial charge in [0.2, 0.25) is 11.9 Å². The molecule has 3 aromatic heterocycles. The predicted molar refractivity (Wildman–Crippen MR) is 122 cm³/mol. The number of anilines is 2. The van der Waals surface area contributed by atoms with Crippen LogP contribution in [0.15, 0.2) is 24.4 Å². The molecule has 5 heterocycles. The Hall–Kier alpha value is -3.53. The molecule has 1 fully saturated rings. The van der Waals surface area contributed by atoms with Crippen LogP contribution in [0.25, 0.3) is 5.52 Å². The molecule has 0 spiro atoms. The van der Waals surface area contributed by atoms with Crippen LogP contribution in [-0.2, 0) is 11.3 Å². The number of hydrogen-bond donors (Lipinski definition) is 2. The van der Waals surface area contributed by atoms with E-state index in [2.05, 4.69) is 25.6 Å². The normalized spacial score (nSPS) is 18.5. The first-order valence-corrected chi connectivity index (χ1v) is 11.0. The van der Waals surface area contributed by atoms with Crippen molar-refractivity contribution in [3.05, 3.63) is 52.9 Å². The Morgan fingerprint density at radius 3 is 2.73 bits per heavy atom. The van der Waals surface area contributed by atoms with Crippen LogP contribution >= 0.6 is 0 Å². The highest BCUT2D eigenvalue weighted by Gasteiger charge is 2.30. The Morgan fingerprint density at radius 1 is 1.27 bits per heavy atom. The summed E-state index contributed by atoms with van der Waals surface area (Å²) in [5.74, 6) is -1.27. The SMILES string of the molecule is CNC(=O)c1ccc(N2CCN(Cc3cc4c5c(c(C)nn5c3)C(C)C(=O)N4)CC2)c(F)n1. The molecule has 5 rings (SSSR count). The van der Waals surface area contributed by atoms with Gasteiger partial charge in [0.15, 0.2) is 0 Å². The number of halogens is 1. The summed E-state index contributed by atoms with van der Waals surface area (Å²) in [7, 11) is 1.49. The first-order chi connectivity index (χ1) is 15.9. The van der Waals surface area contributed by atoms with Gasteiger partial charge in [0.1, 0.15) is 5.69 Å². The van der Waals surface area contributed by atoms with E-state index in [0.29, 0.717) is 25.3 Å². The molecule has 10 heteroatoms. The van der Waals surface area contributed by atoms with Gasteiger partial charge < -0.3 is 15.5 Å². The number of carbonyl (C=O) groups excluding carboxylic acids is 2. The maximum Gasteiger partial charge on any atom is 0.269 e. The molecule has 0 radical (unpaired) electrons. The van der Waals surface area contributed by atoms with Gasteiger partial charge >= 0.3 is 0 Å². The molecular formula is C23H26FN7O2. The predicted octanol–water partition coefficient (Wildman–Crippen LogP) is 1.91. The summed E-state index contributed by atoms with van der Waals surface area (Å²) in [4.78, 5) is 32.1. The summed E-state index contributed by atoms with van der Waals surface area (Å²) in [5, 5.41) is 10.1. The standard InChI is InChI=1S/C23H26FN7O2/c1-13-19-14(2)28-31-12-15(10-17(20(19)31)27-22(13)32)11-29-6-8-30(9-7-29)18-5-4-16(23(33)25-3)26-21(18)24/h4-5,10,12-13H,6-9,11H2,1-3H3,(H,25,33)(H,27,32). The average Bonchev–Trinajstić information content (AvgIpc) is 3.14. The fourth-order valence-corrected chi connectivity index (χ4v) is 4.76. The highest BCUT2D eigenvalue weighted by molar-refractivity contribution is 6.05. The molecule has 3 aromatic rings. The summed E-state index contributed by atoms with van der Waals surface area (Å²) in [6, 6.07) is 5.18. The summed E-state index contributed by atoms with van der Waals surface area (Å²) in [6.45, 7) is 7.33. The minimum atomic E-state index is -0.635. The van der Waals surface area contributed by atoms with Crippen LogP contribution in [0, 0.1) is 12.9 Å². The van der Waals surface area contributed by atoms with E-state index in [0.717, 1.165) is 41.1 Å². The van der Waals surface area contributed by atoms with Gasteiger partial charge in [-0.15, -0.1) is 0 Å². The summed E-state index contributed by atoms with van der Waals surface area (Å²) in [5.41, 5.74) is 5.16. The van der Waals surface area contributed by atoms with Gasteiger partial charge in [0, 0.05) is 51.5 Å². The van der Waals surface area contributed by atoms with Crippen molar-refractivity contribution >= 4 is 28.7 Å². The first-order valence-electron chi connectivity index (χ1n) is 11.0. The number of amides is 2. The number of nitrogens with one attached hydrogen (secondary N) is 2. The van der Waals surface area contributed by atoms with Crippen molar-refractivity contribution in [3.63, 3.8) is 0 Å². The molecule has 2 aliphatic rings. The van der Waals surface area contributed by atoms with E-state index in [1.54, 1.807) is 12.1 Å². The second-order valence-electron chi connectivity index (χ2n) is 8.61. The lowest BCUT2D eigenvalue weighted by atomic mass is 9.95. The van der Waals surface area contributed by atoms with Crippen molar-refractivity contribution in [1.29, 1.82) is 0 Å². The molecule has 2 aliphatic heterocycles. The Morgan fingerprint density at radius 2 is 2.03 bits per heavy atom. The van der Waals surface area contributed by atoms with Gasteiger partial charge in [0.05, 0.1) is 28.5 Å². The van der Waals surface area contributed by atoms with Crippen LogP contribution < -0.4 is 15.5 Å². The van der Waals surface area contributed by atoms with Crippen LogP contribution in [0.3, 0.4) is 0 Å². The number of pyridine rings is 2. The molecular weight excluding hydrogens is 425 g/mol. The zero-order chi connectivity index (χ0) is 23.3. The zero-order valence-electron chi connectivity index (χ0n) is 18.9. The molecule has 9 nitrogen and oxygen atoms in total. The lowest BCUT2D eigenvalue weighted by Gasteiger charge is -2.36. The van der Waals surface area contributed by atoms with Gasteiger partial charge in [0.25, 0.3) is 5.91 Å². The smallest absolute Gasteiger partial charge is 0.269 e. The van der Waals surface area contributed by atoms with E-state index < -0.39 is 11.9 Å². The fourth-order valence-electron chi connectivity index (χ4n) is 4.76. The van der Waals surface area contributed by atoms with Gasteiger partial charge in [-0.25, -0.2) is 9.50 Å². The molecule has 1 unspecified atom stereocenters. The minimum absolute atomic E-state index is 0.00987. The van der Waals surface area contributed by atoms with Crippen molar-refractivity contribution in [3.8, 4) is 0 Å². The number of aromatic nitrogens is 3. The molecule has 1 saturated heterocycles. The molecule has 0 aromatic carbocycles. The van der Waals surface area contributed by atoms with Gasteiger partial charge in [-0.3, -0.25) is 14.5 Å². The summed E-state index contributed by atoms with van der Waals surface area (Å²) in [6.07, 6.45) is 2.02. The van der Waals surface area contributed by atoms with Crippen LogP contribution in [0.2, 0.25) is 0 Å². The second kappa shape index (κ2) is 8.11. The van der Waals surface area contributed by atoms with Gasteiger partial charge in [-0.1, -0.05) is 0 Å². The fraction of sp³-hybridized carbons (Fsp3) is 0.391. The van der Waals surface area contributed by atoms with Crippen molar-refractivity contribution < 1.29 is 14.0 Å². The highest BCUT2D eigenvalue weighted by Crippen LogP contribution is 2.35. The zero-order valence-corrected chi connectivity index (χ0v) is 18.9. The van der Waals surface area contributed by atoms with Crippen LogP contribution in [0.1, 0.15) is 40.2 Å². The Labute approximate surface area is 190 Å². The van der Waals surface area contributed by atoms with E-state index in [-0.39, 0.29) is 17.5 Å².